The summed E-state index contributed by atoms with van der Waals surface area (Å²) < 4.78 is 11.1. The molecule has 12 nitrogen and oxygen atoms in total. The Morgan fingerprint density at radius 2 is 1.36 bits per heavy atom. The molecule has 0 saturated heterocycles. The van der Waals surface area contributed by atoms with Gasteiger partial charge in [0, 0.05) is 35.7 Å². The lowest BCUT2D eigenvalue weighted by Gasteiger charge is -2.31. The number of rotatable bonds is 2. The number of aliphatic hydroxyl groups excluding tert-OH is 1. The van der Waals surface area contributed by atoms with Crippen LogP contribution in [0.3, 0.4) is 0 Å². The van der Waals surface area contributed by atoms with Gasteiger partial charge in [-0.3, -0.25) is 4.79 Å². The second-order valence-corrected chi connectivity index (χ2v) is 9.49. The highest BCUT2D eigenvalue weighted by molar-refractivity contribution is 5.83. The minimum absolute atomic E-state index is 0.0872. The van der Waals surface area contributed by atoms with Crippen molar-refractivity contribution in [2.75, 3.05) is 0 Å². The number of ether oxygens (including phenoxy) is 1. The Hall–Kier alpha value is -5.75. The zero-order valence-electron chi connectivity index (χ0n) is 21.5. The van der Waals surface area contributed by atoms with Gasteiger partial charge in [-0.2, -0.15) is 0 Å². The fourth-order valence-electron chi connectivity index (χ4n) is 4.50. The van der Waals surface area contributed by atoms with E-state index in [1.807, 2.05) is 0 Å². The van der Waals surface area contributed by atoms with Crippen LogP contribution in [0, 0.1) is 0 Å². The number of aromatic hydroxyl groups is 8. The fourth-order valence-corrected chi connectivity index (χ4v) is 4.50. The lowest BCUT2D eigenvalue weighted by Crippen LogP contribution is -2.30. The highest BCUT2D eigenvalue weighted by Crippen LogP contribution is 2.43. The molecule has 6 rings (SSSR count). The van der Waals surface area contributed by atoms with E-state index < -0.39 is 29.1 Å². The van der Waals surface area contributed by atoms with Crippen LogP contribution < -0.4 is 10.2 Å². The molecular formula is C30H24O12. The quantitative estimate of drug-likeness (QED) is 0.137. The Kier molecular flexibility index (Phi) is 7.06. The molecule has 0 amide bonds. The van der Waals surface area contributed by atoms with E-state index in [0.717, 1.165) is 6.07 Å². The molecule has 0 aliphatic carbocycles. The van der Waals surface area contributed by atoms with E-state index in [0.29, 0.717) is 11.1 Å². The normalized spacial score (nSPS) is 15.7. The predicted octanol–water partition coefficient (Wildman–Crippen LogP) is 3.83. The van der Waals surface area contributed by atoms with Gasteiger partial charge < -0.3 is 55.1 Å². The summed E-state index contributed by atoms with van der Waals surface area (Å²) >= 11 is 0. The third-order valence-corrected chi connectivity index (χ3v) is 6.60. The van der Waals surface area contributed by atoms with Crippen LogP contribution >= 0.6 is 0 Å². The number of hydrogen-bond acceptors (Lipinski definition) is 12. The Morgan fingerprint density at radius 3 is 2.05 bits per heavy atom. The summed E-state index contributed by atoms with van der Waals surface area (Å²) in [6.45, 7) is 0. The zero-order chi connectivity index (χ0) is 30.3. The number of aliphatic hydroxyl groups is 1. The van der Waals surface area contributed by atoms with Crippen molar-refractivity contribution in [2.45, 2.75) is 18.6 Å². The molecule has 1 aromatic heterocycles. The van der Waals surface area contributed by atoms with Gasteiger partial charge in [0.15, 0.2) is 28.8 Å². The van der Waals surface area contributed by atoms with Crippen molar-refractivity contribution in [3.05, 3.63) is 88.1 Å². The maximum atomic E-state index is 12.1. The summed E-state index contributed by atoms with van der Waals surface area (Å²) in [5.41, 5.74) is 0.551. The van der Waals surface area contributed by atoms with Crippen LogP contribution in [0.4, 0.5) is 0 Å². The molecule has 0 radical (unpaired) electrons. The first-order valence-corrected chi connectivity index (χ1v) is 12.4. The summed E-state index contributed by atoms with van der Waals surface area (Å²) in [4.78, 5) is 12.1. The van der Waals surface area contributed by atoms with Gasteiger partial charge >= 0.3 is 0 Å². The minimum atomic E-state index is -0.933. The van der Waals surface area contributed by atoms with Gasteiger partial charge in [0.05, 0.1) is 11.5 Å². The lowest BCUT2D eigenvalue weighted by atomic mass is 9.94. The number of phenols is 7. The fraction of sp³-hybridized carbons (Fsp3) is 0.100. The lowest BCUT2D eigenvalue weighted by molar-refractivity contribution is 0.0197. The number of fused-ring (bicyclic) bond motifs is 2. The molecule has 216 valence electrons. The predicted molar refractivity (Wildman–Crippen MR) is 147 cm³/mol. The molecule has 9 N–H and O–H groups in total. The molecule has 0 bridgehead atoms. The monoisotopic (exact) mass is 576 g/mol. The Balaban J connectivity index is 0.000000168. The zero-order valence-corrected chi connectivity index (χ0v) is 21.5. The van der Waals surface area contributed by atoms with E-state index in [9.17, 15) is 50.8 Å². The van der Waals surface area contributed by atoms with Gasteiger partial charge in [-0.25, -0.2) is 0 Å². The van der Waals surface area contributed by atoms with Gasteiger partial charge in [0.25, 0.3) is 0 Å². The van der Waals surface area contributed by atoms with Gasteiger partial charge in [-0.1, -0.05) is 6.07 Å². The van der Waals surface area contributed by atoms with E-state index in [4.69, 9.17) is 9.15 Å². The molecular weight excluding hydrogens is 552 g/mol. The molecule has 4 aromatic carbocycles. The van der Waals surface area contributed by atoms with Crippen molar-refractivity contribution in [3.63, 3.8) is 0 Å². The van der Waals surface area contributed by atoms with E-state index >= 15 is 0 Å². The van der Waals surface area contributed by atoms with Gasteiger partial charge in [0.1, 0.15) is 34.7 Å². The van der Waals surface area contributed by atoms with E-state index in [1.165, 1.54) is 60.7 Å². The van der Waals surface area contributed by atoms with Crippen molar-refractivity contribution in [3.8, 4) is 63.1 Å². The average Bonchev–Trinajstić information content (AvgIpc) is 2.94. The minimum Gasteiger partial charge on any atom is -0.508 e. The summed E-state index contributed by atoms with van der Waals surface area (Å²) in [6.07, 6.45) is -1.56. The van der Waals surface area contributed by atoms with Crippen LogP contribution in [0.15, 0.2) is 75.9 Å². The SMILES string of the molecule is O=c1c(O)c(-c2ccc(O)c(O)c2)oc2cc(O)ccc12.Oc1cc(O)c2c(c1)O[C@H](c1ccc(O)c(O)c1)[C@@H](O)C2. The van der Waals surface area contributed by atoms with Crippen LogP contribution in [0.5, 0.6) is 51.7 Å². The topological polar surface area (TPSA) is 222 Å². The maximum Gasteiger partial charge on any atom is 0.235 e. The van der Waals surface area contributed by atoms with Crippen LogP contribution in [-0.4, -0.2) is 52.1 Å². The van der Waals surface area contributed by atoms with Crippen molar-refractivity contribution in [2.24, 2.45) is 0 Å². The largest absolute Gasteiger partial charge is 0.508 e. The Bertz CT molecular complexity index is 1880. The first-order valence-electron chi connectivity index (χ1n) is 12.4. The average molecular weight is 577 g/mol. The highest BCUT2D eigenvalue weighted by Gasteiger charge is 2.32. The Morgan fingerprint density at radius 1 is 0.667 bits per heavy atom. The number of phenolic OH excluding ortho intramolecular Hbond substituents is 7. The number of benzene rings is 4. The van der Waals surface area contributed by atoms with Crippen LogP contribution in [0.1, 0.15) is 17.2 Å². The molecule has 0 saturated carbocycles. The van der Waals surface area contributed by atoms with Crippen LogP contribution in [0.25, 0.3) is 22.3 Å². The summed E-state index contributed by atoms with van der Waals surface area (Å²) in [6, 6.07) is 14.3. The molecule has 0 spiro atoms. The number of hydrogen-bond donors (Lipinski definition) is 9. The van der Waals surface area contributed by atoms with Crippen molar-refractivity contribution < 1.29 is 55.1 Å². The van der Waals surface area contributed by atoms with Crippen molar-refractivity contribution >= 4 is 11.0 Å². The van der Waals surface area contributed by atoms with Crippen LogP contribution in [-0.2, 0) is 6.42 Å². The second kappa shape index (κ2) is 10.7. The molecule has 2 heterocycles. The maximum absolute atomic E-state index is 12.1. The first kappa shape index (κ1) is 27.8. The summed E-state index contributed by atoms with van der Waals surface area (Å²) in [5.74, 6) is -2.19. The van der Waals surface area contributed by atoms with Crippen LogP contribution in [0.2, 0.25) is 0 Å². The van der Waals surface area contributed by atoms with Crippen molar-refractivity contribution in [1.82, 2.24) is 0 Å². The molecule has 12 heteroatoms. The van der Waals surface area contributed by atoms with Crippen molar-refractivity contribution in [1.29, 1.82) is 0 Å². The summed E-state index contributed by atoms with van der Waals surface area (Å²) in [7, 11) is 0. The third-order valence-electron chi connectivity index (χ3n) is 6.60. The van der Waals surface area contributed by atoms with Gasteiger partial charge in [-0.15, -0.1) is 0 Å². The standard InChI is InChI=1S/C15H10O6.C15H14O6/c16-8-2-3-9-12(6-8)21-15(14(20)13(9)19)7-1-4-10(17)11(18)5-7;16-8-4-11(18)9-6-13(20)15(21-14(9)5-8)7-1-2-10(17)12(19)3-7/h1-6,16-18,20H;1-5,13,15-20H,6H2/t;13-,15+/m.0/s1. The molecule has 0 fully saturated rings. The molecule has 0 unspecified atom stereocenters. The molecule has 42 heavy (non-hydrogen) atoms. The van der Waals surface area contributed by atoms with E-state index in [1.54, 1.807) is 0 Å². The molecule has 1 aliphatic heterocycles. The molecule has 2 atom stereocenters. The molecule has 5 aromatic rings. The molecule has 1 aliphatic rings. The first-order chi connectivity index (χ1) is 19.9. The smallest absolute Gasteiger partial charge is 0.235 e. The third kappa shape index (κ3) is 5.21. The van der Waals surface area contributed by atoms with E-state index in [-0.39, 0.29) is 69.0 Å². The highest BCUT2D eigenvalue weighted by atomic mass is 16.5. The van der Waals surface area contributed by atoms with E-state index in [2.05, 4.69) is 0 Å². The summed E-state index contributed by atoms with van der Waals surface area (Å²) in [5, 5.41) is 86.6. The second-order valence-electron chi connectivity index (χ2n) is 9.49. The van der Waals surface area contributed by atoms with Gasteiger partial charge in [0.2, 0.25) is 11.2 Å². The van der Waals surface area contributed by atoms with Gasteiger partial charge in [-0.05, 0) is 48.0 Å². The Labute approximate surface area is 236 Å².